The number of hydrogen-bond donors (Lipinski definition) is 0. The molecule has 1 aliphatic heterocycles. The zero-order valence-corrected chi connectivity index (χ0v) is 6.94. The van der Waals surface area contributed by atoms with Crippen LogP contribution < -0.4 is 0 Å². The smallest absolute Gasteiger partial charge is 0.0557 e. The van der Waals surface area contributed by atoms with E-state index in [2.05, 4.69) is 23.0 Å². The van der Waals surface area contributed by atoms with Gasteiger partial charge >= 0.3 is 0 Å². The summed E-state index contributed by atoms with van der Waals surface area (Å²) in [7, 11) is 0. The zero-order valence-electron chi connectivity index (χ0n) is 6.94. The molecule has 1 unspecified atom stereocenters. The Balaban J connectivity index is 2.34. The maximum atomic E-state index is 4.28. The standard InChI is InChI=1S/C10H10N2/c1-8-4-6-12-10(8)9-3-2-5-11-7-9/h2-8H,1H3. The SMILES string of the molecule is CC1C=CN=C1c1cccnc1. The molecule has 1 aliphatic rings. The first-order valence-corrected chi connectivity index (χ1v) is 4.02. The molecule has 0 saturated heterocycles. The first kappa shape index (κ1) is 7.22. The van der Waals surface area contributed by atoms with Crippen LogP contribution in [0.5, 0.6) is 0 Å². The first-order chi connectivity index (χ1) is 5.88. The van der Waals surface area contributed by atoms with Crippen LogP contribution in [0.15, 0.2) is 41.8 Å². The third-order valence-corrected chi connectivity index (χ3v) is 1.98. The maximum absolute atomic E-state index is 4.28. The summed E-state index contributed by atoms with van der Waals surface area (Å²) in [5, 5.41) is 0. The predicted molar refractivity (Wildman–Crippen MR) is 49.1 cm³/mol. The van der Waals surface area contributed by atoms with Crippen LogP contribution in [-0.4, -0.2) is 10.7 Å². The van der Waals surface area contributed by atoms with Crippen LogP contribution in [0.4, 0.5) is 0 Å². The summed E-state index contributed by atoms with van der Waals surface area (Å²) in [5.74, 6) is 0.425. The molecule has 0 aromatic carbocycles. The number of aromatic nitrogens is 1. The Morgan fingerprint density at radius 1 is 1.42 bits per heavy atom. The van der Waals surface area contributed by atoms with E-state index in [9.17, 15) is 0 Å². The monoisotopic (exact) mass is 158 g/mol. The van der Waals surface area contributed by atoms with Crippen molar-refractivity contribution in [3.63, 3.8) is 0 Å². The van der Waals surface area contributed by atoms with Gasteiger partial charge in [0.05, 0.1) is 5.71 Å². The largest absolute Gasteiger partial charge is 0.264 e. The highest BCUT2D eigenvalue weighted by Gasteiger charge is 2.12. The second kappa shape index (κ2) is 2.89. The Kier molecular flexibility index (Phi) is 1.74. The van der Waals surface area contributed by atoms with Crippen molar-refractivity contribution in [2.75, 3.05) is 0 Å². The van der Waals surface area contributed by atoms with Crippen LogP contribution >= 0.6 is 0 Å². The number of hydrogen-bond acceptors (Lipinski definition) is 2. The van der Waals surface area contributed by atoms with Crippen LogP contribution in [0, 0.1) is 5.92 Å². The Morgan fingerprint density at radius 3 is 2.92 bits per heavy atom. The topological polar surface area (TPSA) is 25.2 Å². The highest BCUT2D eigenvalue weighted by molar-refractivity contribution is 6.04. The first-order valence-electron chi connectivity index (χ1n) is 4.02. The van der Waals surface area contributed by atoms with Crippen LogP contribution in [0.2, 0.25) is 0 Å². The van der Waals surface area contributed by atoms with Crippen molar-refractivity contribution in [3.05, 3.63) is 42.4 Å². The van der Waals surface area contributed by atoms with E-state index in [0.29, 0.717) is 5.92 Å². The minimum absolute atomic E-state index is 0.425. The van der Waals surface area contributed by atoms with Gasteiger partial charge in [0, 0.05) is 30.1 Å². The van der Waals surface area contributed by atoms with Gasteiger partial charge in [-0.3, -0.25) is 9.98 Å². The highest BCUT2D eigenvalue weighted by atomic mass is 14.7. The molecule has 1 aromatic rings. The molecule has 12 heavy (non-hydrogen) atoms. The summed E-state index contributed by atoms with van der Waals surface area (Å²) < 4.78 is 0. The molecular weight excluding hydrogens is 148 g/mol. The van der Waals surface area contributed by atoms with Crippen molar-refractivity contribution < 1.29 is 0 Å². The van der Waals surface area contributed by atoms with E-state index in [0.717, 1.165) is 11.3 Å². The maximum Gasteiger partial charge on any atom is 0.0557 e. The van der Waals surface area contributed by atoms with E-state index in [1.54, 1.807) is 6.20 Å². The van der Waals surface area contributed by atoms with Gasteiger partial charge in [-0.2, -0.15) is 0 Å². The summed E-state index contributed by atoms with van der Waals surface area (Å²) in [5.41, 5.74) is 2.23. The minimum atomic E-state index is 0.425. The zero-order chi connectivity index (χ0) is 8.39. The van der Waals surface area contributed by atoms with Gasteiger partial charge in [0.1, 0.15) is 0 Å². The molecule has 0 N–H and O–H groups in total. The van der Waals surface area contributed by atoms with E-state index in [1.165, 1.54) is 0 Å². The summed E-state index contributed by atoms with van der Waals surface area (Å²) in [6, 6.07) is 3.97. The fourth-order valence-electron chi connectivity index (χ4n) is 1.31. The second-order valence-corrected chi connectivity index (χ2v) is 2.89. The van der Waals surface area contributed by atoms with Crippen molar-refractivity contribution in [1.82, 2.24) is 4.98 Å². The molecule has 0 radical (unpaired) electrons. The minimum Gasteiger partial charge on any atom is -0.264 e. The predicted octanol–water partition coefficient (Wildman–Crippen LogP) is 2.03. The third-order valence-electron chi connectivity index (χ3n) is 1.98. The van der Waals surface area contributed by atoms with Crippen LogP contribution in [0.3, 0.4) is 0 Å². The van der Waals surface area contributed by atoms with E-state index in [1.807, 2.05) is 24.5 Å². The van der Waals surface area contributed by atoms with Gasteiger partial charge in [0.15, 0.2) is 0 Å². The Bertz CT molecular complexity index is 325. The van der Waals surface area contributed by atoms with Crippen LogP contribution in [0.25, 0.3) is 0 Å². The fourth-order valence-corrected chi connectivity index (χ4v) is 1.31. The average Bonchev–Trinajstić information content (AvgIpc) is 2.53. The number of pyridine rings is 1. The Labute approximate surface area is 71.7 Å². The van der Waals surface area contributed by atoms with E-state index in [4.69, 9.17) is 0 Å². The molecule has 1 aromatic heterocycles. The Morgan fingerprint density at radius 2 is 2.33 bits per heavy atom. The van der Waals surface area contributed by atoms with Crippen LogP contribution in [-0.2, 0) is 0 Å². The van der Waals surface area contributed by atoms with Crippen molar-refractivity contribution in [3.8, 4) is 0 Å². The van der Waals surface area contributed by atoms with Gasteiger partial charge in [-0.05, 0) is 6.07 Å². The molecule has 0 bridgehead atoms. The molecule has 1 atom stereocenters. The van der Waals surface area contributed by atoms with Crippen molar-refractivity contribution in [2.24, 2.45) is 10.9 Å². The van der Waals surface area contributed by atoms with Gasteiger partial charge in [-0.25, -0.2) is 0 Å². The number of nitrogens with zero attached hydrogens (tertiary/aromatic N) is 2. The highest BCUT2D eigenvalue weighted by Crippen LogP contribution is 2.15. The van der Waals surface area contributed by atoms with Gasteiger partial charge in [0.2, 0.25) is 0 Å². The van der Waals surface area contributed by atoms with E-state index < -0.39 is 0 Å². The van der Waals surface area contributed by atoms with Gasteiger partial charge < -0.3 is 0 Å². The molecule has 2 nitrogen and oxygen atoms in total. The third kappa shape index (κ3) is 1.16. The van der Waals surface area contributed by atoms with Gasteiger partial charge in [0.25, 0.3) is 0 Å². The molecule has 0 amide bonds. The number of rotatable bonds is 1. The van der Waals surface area contributed by atoms with E-state index in [-0.39, 0.29) is 0 Å². The number of allylic oxidation sites excluding steroid dienone is 1. The Hall–Kier alpha value is -1.44. The molecular formula is C10H10N2. The van der Waals surface area contributed by atoms with Gasteiger partial charge in [-0.1, -0.05) is 19.1 Å². The quantitative estimate of drug-likeness (QED) is 0.614. The number of aliphatic imine (C=N–C) groups is 1. The molecule has 0 fully saturated rings. The molecule has 0 aliphatic carbocycles. The van der Waals surface area contributed by atoms with Crippen molar-refractivity contribution in [2.45, 2.75) is 6.92 Å². The summed E-state index contributed by atoms with van der Waals surface area (Å²) in [6.07, 6.45) is 7.56. The molecule has 2 rings (SSSR count). The van der Waals surface area contributed by atoms with Crippen molar-refractivity contribution in [1.29, 1.82) is 0 Å². The summed E-state index contributed by atoms with van der Waals surface area (Å²) >= 11 is 0. The summed E-state index contributed by atoms with van der Waals surface area (Å²) in [6.45, 7) is 2.13. The lowest BCUT2D eigenvalue weighted by molar-refractivity contribution is 1.02. The van der Waals surface area contributed by atoms with Crippen molar-refractivity contribution >= 4 is 5.71 Å². The molecule has 0 spiro atoms. The molecule has 0 saturated carbocycles. The molecule has 60 valence electrons. The normalized spacial score (nSPS) is 21.1. The van der Waals surface area contributed by atoms with Crippen LogP contribution in [0.1, 0.15) is 12.5 Å². The second-order valence-electron chi connectivity index (χ2n) is 2.89. The lowest BCUT2D eigenvalue weighted by atomic mass is 10.0. The lowest BCUT2D eigenvalue weighted by Gasteiger charge is -2.04. The lowest BCUT2D eigenvalue weighted by Crippen LogP contribution is -2.06. The van der Waals surface area contributed by atoms with E-state index >= 15 is 0 Å². The summed E-state index contributed by atoms with van der Waals surface area (Å²) in [4.78, 5) is 8.34. The fraction of sp³-hybridized carbons (Fsp3) is 0.200. The average molecular weight is 158 g/mol. The van der Waals surface area contributed by atoms with Gasteiger partial charge in [-0.15, -0.1) is 0 Å². The molecule has 2 heteroatoms. The molecule has 2 heterocycles.